The number of halogens is 1. The van der Waals surface area contributed by atoms with E-state index in [1.54, 1.807) is 12.1 Å². The van der Waals surface area contributed by atoms with Crippen molar-refractivity contribution < 1.29 is 13.9 Å². The average Bonchev–Trinajstić information content (AvgIpc) is 2.97. The highest BCUT2D eigenvalue weighted by molar-refractivity contribution is 7.99. The first-order chi connectivity index (χ1) is 12.5. The van der Waals surface area contributed by atoms with Crippen molar-refractivity contribution in [3.63, 3.8) is 0 Å². The fourth-order valence-electron chi connectivity index (χ4n) is 2.62. The summed E-state index contributed by atoms with van der Waals surface area (Å²) in [5, 5.41) is 11.6. The lowest BCUT2D eigenvalue weighted by molar-refractivity contribution is -0.113. The smallest absolute Gasteiger partial charge is 0.234 e. The lowest BCUT2D eigenvalue weighted by Gasteiger charge is -2.25. The number of amides is 1. The van der Waals surface area contributed by atoms with Crippen LogP contribution in [0.4, 0.5) is 10.1 Å². The Bertz CT molecular complexity index is 777. The van der Waals surface area contributed by atoms with E-state index in [-0.39, 0.29) is 17.3 Å². The number of aromatic nitrogens is 3. The highest BCUT2D eigenvalue weighted by Gasteiger charge is 2.17. The number of hydrogen-bond acceptors (Lipinski definition) is 6. The van der Waals surface area contributed by atoms with Crippen LogP contribution in [0.5, 0.6) is 0 Å². The molecule has 1 N–H and O–H groups in total. The van der Waals surface area contributed by atoms with Crippen molar-refractivity contribution >= 4 is 23.4 Å². The van der Waals surface area contributed by atoms with Gasteiger partial charge in [0.15, 0.2) is 5.16 Å². The average molecular weight is 379 g/mol. The Balaban J connectivity index is 1.54. The fraction of sp³-hybridized carbons (Fsp3) is 0.471. The van der Waals surface area contributed by atoms with E-state index in [9.17, 15) is 9.18 Å². The molecule has 3 rings (SSSR count). The first-order valence-corrected chi connectivity index (χ1v) is 9.38. The number of aryl methyl sites for hydroxylation is 1. The van der Waals surface area contributed by atoms with Crippen molar-refractivity contribution in [3.8, 4) is 0 Å². The Kier molecular flexibility index (Phi) is 6.23. The Morgan fingerprint density at radius 1 is 1.35 bits per heavy atom. The molecule has 1 aliphatic rings. The van der Waals surface area contributed by atoms with Gasteiger partial charge in [-0.3, -0.25) is 9.69 Å². The van der Waals surface area contributed by atoms with Gasteiger partial charge in [-0.2, -0.15) is 0 Å². The van der Waals surface area contributed by atoms with Crippen LogP contribution in [0.15, 0.2) is 23.4 Å². The van der Waals surface area contributed by atoms with Crippen LogP contribution in [0.3, 0.4) is 0 Å². The van der Waals surface area contributed by atoms with Gasteiger partial charge >= 0.3 is 0 Å². The molecule has 1 saturated heterocycles. The fourth-order valence-corrected chi connectivity index (χ4v) is 3.35. The Labute approximate surface area is 155 Å². The topological polar surface area (TPSA) is 72.3 Å². The molecular formula is C17H22FN5O2S. The molecule has 0 spiro atoms. The Morgan fingerprint density at radius 2 is 2.12 bits per heavy atom. The van der Waals surface area contributed by atoms with Gasteiger partial charge in [0, 0.05) is 20.1 Å². The molecule has 140 valence electrons. The van der Waals surface area contributed by atoms with E-state index in [1.807, 2.05) is 18.5 Å². The molecule has 7 nitrogen and oxygen atoms in total. The summed E-state index contributed by atoms with van der Waals surface area (Å²) >= 11 is 1.28. The zero-order valence-electron chi connectivity index (χ0n) is 14.9. The lowest BCUT2D eigenvalue weighted by Crippen LogP contribution is -2.36. The number of rotatable bonds is 6. The number of nitrogens with one attached hydrogen (secondary N) is 1. The van der Waals surface area contributed by atoms with Gasteiger partial charge in [-0.1, -0.05) is 17.8 Å². The summed E-state index contributed by atoms with van der Waals surface area (Å²) in [5.41, 5.74) is 1.08. The molecule has 2 heterocycles. The molecule has 1 fully saturated rings. The van der Waals surface area contributed by atoms with Gasteiger partial charge in [-0.25, -0.2) is 4.39 Å². The molecule has 0 saturated carbocycles. The van der Waals surface area contributed by atoms with Gasteiger partial charge in [0.25, 0.3) is 0 Å². The number of anilines is 1. The van der Waals surface area contributed by atoms with Crippen molar-refractivity contribution in [1.29, 1.82) is 0 Å². The van der Waals surface area contributed by atoms with Crippen LogP contribution < -0.4 is 5.32 Å². The van der Waals surface area contributed by atoms with Crippen molar-refractivity contribution in [2.75, 3.05) is 37.4 Å². The maximum absolute atomic E-state index is 13.7. The zero-order chi connectivity index (χ0) is 18.5. The maximum atomic E-state index is 13.7. The highest BCUT2D eigenvalue weighted by Crippen LogP contribution is 2.19. The molecule has 1 aliphatic heterocycles. The Morgan fingerprint density at radius 3 is 2.88 bits per heavy atom. The highest BCUT2D eigenvalue weighted by atomic mass is 32.2. The second-order valence-electron chi connectivity index (χ2n) is 6.17. The number of hydrogen-bond donors (Lipinski definition) is 1. The minimum Gasteiger partial charge on any atom is -0.379 e. The van der Waals surface area contributed by atoms with E-state index < -0.39 is 5.82 Å². The van der Waals surface area contributed by atoms with E-state index in [1.165, 1.54) is 17.8 Å². The molecule has 1 aromatic heterocycles. The molecule has 0 bridgehead atoms. The molecule has 0 atom stereocenters. The Hall–Kier alpha value is -1.97. The summed E-state index contributed by atoms with van der Waals surface area (Å²) in [4.78, 5) is 14.4. The van der Waals surface area contributed by atoms with Gasteiger partial charge in [-0.15, -0.1) is 10.2 Å². The van der Waals surface area contributed by atoms with Crippen LogP contribution in [0.1, 0.15) is 11.4 Å². The van der Waals surface area contributed by atoms with E-state index in [2.05, 4.69) is 20.4 Å². The van der Waals surface area contributed by atoms with E-state index >= 15 is 0 Å². The van der Waals surface area contributed by atoms with Crippen LogP contribution in [0.2, 0.25) is 0 Å². The third-order valence-corrected chi connectivity index (χ3v) is 5.14. The number of carbonyl (C=O) groups excluding carboxylic acids is 1. The van der Waals surface area contributed by atoms with Crippen LogP contribution >= 0.6 is 11.8 Å². The third kappa shape index (κ3) is 4.80. The number of nitrogens with zero attached hydrogens (tertiary/aromatic N) is 4. The number of benzene rings is 1. The van der Waals surface area contributed by atoms with Gasteiger partial charge in [0.2, 0.25) is 5.91 Å². The number of thioether (sulfide) groups is 1. The van der Waals surface area contributed by atoms with Crippen LogP contribution in [0.25, 0.3) is 0 Å². The minimum atomic E-state index is -0.444. The van der Waals surface area contributed by atoms with Crippen LogP contribution in [-0.2, 0) is 23.1 Å². The summed E-state index contributed by atoms with van der Waals surface area (Å²) in [6.45, 7) is 5.76. The predicted octanol–water partition coefficient (Wildman–Crippen LogP) is 1.83. The minimum absolute atomic E-state index is 0.136. The van der Waals surface area contributed by atoms with E-state index in [0.717, 1.165) is 37.7 Å². The molecular weight excluding hydrogens is 357 g/mol. The first-order valence-electron chi connectivity index (χ1n) is 8.40. The molecule has 0 aliphatic carbocycles. The molecule has 1 amide bonds. The number of carbonyl (C=O) groups is 1. The second-order valence-corrected chi connectivity index (χ2v) is 7.11. The standard InChI is InChI=1S/C17H22FN5O2S/c1-12-3-4-13(18)14(9-12)19-16(24)11-26-17-21-20-15(22(17)2)10-23-5-7-25-8-6-23/h3-4,9H,5-8,10-11H2,1-2H3,(H,19,24). The third-order valence-electron chi connectivity index (χ3n) is 4.12. The van der Waals surface area contributed by atoms with E-state index in [4.69, 9.17) is 4.74 Å². The molecule has 26 heavy (non-hydrogen) atoms. The predicted molar refractivity (Wildman–Crippen MR) is 97.6 cm³/mol. The largest absolute Gasteiger partial charge is 0.379 e. The normalized spacial score (nSPS) is 15.2. The van der Waals surface area contributed by atoms with E-state index in [0.29, 0.717) is 11.7 Å². The molecule has 0 unspecified atom stereocenters. The summed E-state index contributed by atoms with van der Waals surface area (Å²) in [7, 11) is 1.89. The summed E-state index contributed by atoms with van der Waals surface area (Å²) in [6.07, 6.45) is 0. The van der Waals surface area contributed by atoms with Crippen molar-refractivity contribution in [3.05, 3.63) is 35.4 Å². The first kappa shape index (κ1) is 18.8. The van der Waals surface area contributed by atoms with Gasteiger partial charge < -0.3 is 14.6 Å². The van der Waals surface area contributed by atoms with Gasteiger partial charge in [0.05, 0.1) is 31.2 Å². The van der Waals surface area contributed by atoms with Crippen molar-refractivity contribution in [1.82, 2.24) is 19.7 Å². The quantitative estimate of drug-likeness (QED) is 0.772. The molecule has 0 radical (unpaired) electrons. The summed E-state index contributed by atoms with van der Waals surface area (Å²) < 4.78 is 21.0. The molecule has 9 heteroatoms. The van der Waals surface area contributed by atoms with Crippen LogP contribution in [-0.4, -0.2) is 57.6 Å². The SMILES string of the molecule is Cc1ccc(F)c(NC(=O)CSc2nnc(CN3CCOCC3)n2C)c1. The zero-order valence-corrected chi connectivity index (χ0v) is 15.7. The monoisotopic (exact) mass is 379 g/mol. The van der Waals surface area contributed by atoms with Crippen molar-refractivity contribution in [2.45, 2.75) is 18.6 Å². The van der Waals surface area contributed by atoms with Crippen LogP contribution in [0, 0.1) is 12.7 Å². The molecule has 2 aromatic rings. The lowest BCUT2D eigenvalue weighted by atomic mass is 10.2. The van der Waals surface area contributed by atoms with Gasteiger partial charge in [0.1, 0.15) is 11.6 Å². The van der Waals surface area contributed by atoms with Crippen molar-refractivity contribution in [2.24, 2.45) is 7.05 Å². The number of ether oxygens (including phenoxy) is 1. The maximum Gasteiger partial charge on any atom is 0.234 e. The number of morpholine rings is 1. The van der Waals surface area contributed by atoms with Gasteiger partial charge in [-0.05, 0) is 24.6 Å². The second kappa shape index (κ2) is 8.61. The summed E-state index contributed by atoms with van der Waals surface area (Å²) in [5.74, 6) is 0.258. The molecule has 1 aromatic carbocycles. The summed E-state index contributed by atoms with van der Waals surface area (Å²) in [6, 6.07) is 4.62.